The van der Waals surface area contributed by atoms with Crippen LogP contribution in [0.5, 0.6) is 0 Å². The van der Waals surface area contributed by atoms with Crippen LogP contribution in [0.4, 0.5) is 0 Å². The summed E-state index contributed by atoms with van der Waals surface area (Å²) in [6.45, 7) is 9.39. The van der Waals surface area contributed by atoms with Crippen LogP contribution in [0.3, 0.4) is 0 Å². The molecule has 1 aliphatic rings. The van der Waals surface area contributed by atoms with E-state index < -0.39 is 0 Å². The topological polar surface area (TPSA) is 54.0 Å². The van der Waals surface area contributed by atoms with Crippen molar-refractivity contribution >= 4 is 16.9 Å². The van der Waals surface area contributed by atoms with Crippen LogP contribution in [0.15, 0.2) is 0 Å². The SMILES string of the molecule is CC(C)(C)OCCOCCOC(=O)C[S+]1CCOCC1. The highest BCUT2D eigenvalue weighted by Gasteiger charge is 2.26. The van der Waals surface area contributed by atoms with Gasteiger partial charge in [-0.1, -0.05) is 0 Å². The Morgan fingerprint density at radius 1 is 1.10 bits per heavy atom. The molecule has 1 saturated heterocycles. The summed E-state index contributed by atoms with van der Waals surface area (Å²) in [6.07, 6.45) is 0. The number of carbonyl (C=O) groups excluding carboxylic acids is 1. The van der Waals surface area contributed by atoms with E-state index in [0.29, 0.717) is 32.2 Å². The molecule has 1 heterocycles. The molecule has 1 rings (SSSR count). The fraction of sp³-hybridized carbons (Fsp3) is 0.929. The first-order valence-electron chi connectivity index (χ1n) is 7.06. The highest BCUT2D eigenvalue weighted by molar-refractivity contribution is 7.97. The lowest BCUT2D eigenvalue weighted by atomic mass is 10.2. The van der Waals surface area contributed by atoms with Crippen LogP contribution in [0, 0.1) is 0 Å². The van der Waals surface area contributed by atoms with Crippen LogP contribution >= 0.6 is 0 Å². The molecular weight excluding hydrogens is 280 g/mol. The van der Waals surface area contributed by atoms with Crippen molar-refractivity contribution in [2.75, 3.05) is 56.9 Å². The summed E-state index contributed by atoms with van der Waals surface area (Å²) in [4.78, 5) is 11.6. The third-order valence-electron chi connectivity index (χ3n) is 2.61. The molecule has 0 spiro atoms. The molecule has 0 aromatic carbocycles. The number of rotatable bonds is 8. The smallest absolute Gasteiger partial charge is 0.356 e. The minimum atomic E-state index is -0.138. The van der Waals surface area contributed by atoms with Gasteiger partial charge in [0.05, 0.1) is 38.6 Å². The molecule has 118 valence electrons. The minimum absolute atomic E-state index is 0.121. The van der Waals surface area contributed by atoms with E-state index in [0.717, 1.165) is 24.7 Å². The number of hydrogen-bond acceptors (Lipinski definition) is 5. The van der Waals surface area contributed by atoms with Crippen LogP contribution in [0.2, 0.25) is 0 Å². The van der Waals surface area contributed by atoms with Crippen molar-refractivity contribution < 1.29 is 23.7 Å². The Kier molecular flexibility index (Phi) is 8.52. The summed E-state index contributed by atoms with van der Waals surface area (Å²) in [5.74, 6) is 2.37. The van der Waals surface area contributed by atoms with Gasteiger partial charge in [0.25, 0.3) is 0 Å². The molecule has 0 aliphatic carbocycles. The van der Waals surface area contributed by atoms with Crippen molar-refractivity contribution in [3.05, 3.63) is 0 Å². The molecule has 1 aliphatic heterocycles. The lowest BCUT2D eigenvalue weighted by Gasteiger charge is -2.19. The Balaban J connectivity index is 1.91. The van der Waals surface area contributed by atoms with Gasteiger partial charge in [0.1, 0.15) is 18.1 Å². The van der Waals surface area contributed by atoms with Crippen LogP contribution in [-0.4, -0.2) is 68.5 Å². The first-order valence-corrected chi connectivity index (χ1v) is 8.80. The Morgan fingerprint density at radius 2 is 1.75 bits per heavy atom. The van der Waals surface area contributed by atoms with Crippen molar-refractivity contribution in [2.45, 2.75) is 26.4 Å². The summed E-state index contributed by atoms with van der Waals surface area (Å²) >= 11 is 0. The predicted molar refractivity (Wildman–Crippen MR) is 80.3 cm³/mol. The molecule has 0 aromatic heterocycles. The Bertz CT molecular complexity index is 271. The number of hydrogen-bond donors (Lipinski definition) is 0. The average Bonchev–Trinajstić information content (AvgIpc) is 2.37. The maximum absolute atomic E-state index is 11.6. The molecule has 0 saturated carbocycles. The monoisotopic (exact) mass is 307 g/mol. The average molecular weight is 307 g/mol. The lowest BCUT2D eigenvalue weighted by Crippen LogP contribution is -2.32. The number of carbonyl (C=O) groups is 1. The maximum atomic E-state index is 11.6. The second-order valence-electron chi connectivity index (χ2n) is 5.57. The normalized spacial score (nSPS) is 17.1. The Labute approximate surface area is 124 Å². The van der Waals surface area contributed by atoms with Gasteiger partial charge in [-0.2, -0.15) is 0 Å². The standard InChI is InChI=1S/C14H27O5S/c1-14(2,3)19-7-5-16-4-6-18-13(15)12-20-10-8-17-9-11-20/h4-12H2,1-3H3/q+1. The van der Waals surface area contributed by atoms with E-state index in [-0.39, 0.29) is 22.5 Å². The first-order chi connectivity index (χ1) is 9.47. The van der Waals surface area contributed by atoms with Crippen molar-refractivity contribution in [3.63, 3.8) is 0 Å². The fourth-order valence-corrected chi connectivity index (χ4v) is 3.25. The van der Waals surface area contributed by atoms with Crippen molar-refractivity contribution in [3.8, 4) is 0 Å². The maximum Gasteiger partial charge on any atom is 0.356 e. The summed E-state index contributed by atoms with van der Waals surface area (Å²) < 4.78 is 21.3. The highest BCUT2D eigenvalue weighted by atomic mass is 32.2. The van der Waals surface area contributed by atoms with Gasteiger partial charge in [-0.15, -0.1) is 0 Å². The summed E-state index contributed by atoms with van der Waals surface area (Å²) in [6, 6.07) is 0. The Morgan fingerprint density at radius 3 is 2.40 bits per heavy atom. The fourth-order valence-electron chi connectivity index (χ4n) is 1.63. The van der Waals surface area contributed by atoms with Crippen molar-refractivity contribution in [2.24, 2.45) is 0 Å². The van der Waals surface area contributed by atoms with Gasteiger partial charge in [-0.25, -0.2) is 4.79 Å². The minimum Gasteiger partial charge on any atom is -0.460 e. The van der Waals surface area contributed by atoms with E-state index in [1.54, 1.807) is 0 Å². The van der Waals surface area contributed by atoms with Crippen LogP contribution < -0.4 is 0 Å². The van der Waals surface area contributed by atoms with Gasteiger partial charge in [-0.3, -0.25) is 0 Å². The summed E-state index contributed by atoms with van der Waals surface area (Å²) in [7, 11) is 0.145. The third kappa shape index (κ3) is 9.58. The molecule has 0 aromatic rings. The van der Waals surface area contributed by atoms with Crippen molar-refractivity contribution in [1.82, 2.24) is 0 Å². The molecule has 0 amide bonds. The summed E-state index contributed by atoms with van der Waals surface area (Å²) in [5, 5.41) is 0. The molecule has 0 N–H and O–H groups in total. The van der Waals surface area contributed by atoms with Crippen LogP contribution in [-0.2, 0) is 34.6 Å². The predicted octanol–water partition coefficient (Wildman–Crippen LogP) is 1.01. The zero-order chi connectivity index (χ0) is 14.8. The van der Waals surface area contributed by atoms with E-state index in [1.165, 1.54) is 0 Å². The van der Waals surface area contributed by atoms with Gasteiger partial charge in [-0.05, 0) is 20.8 Å². The molecule has 0 radical (unpaired) electrons. The zero-order valence-corrected chi connectivity index (χ0v) is 13.6. The largest absolute Gasteiger partial charge is 0.460 e. The first kappa shape index (κ1) is 17.8. The Hall–Kier alpha value is -0.300. The second kappa shape index (κ2) is 9.60. The van der Waals surface area contributed by atoms with E-state index in [9.17, 15) is 4.79 Å². The highest BCUT2D eigenvalue weighted by Crippen LogP contribution is 2.06. The van der Waals surface area contributed by atoms with Crippen LogP contribution in [0.1, 0.15) is 20.8 Å². The van der Waals surface area contributed by atoms with Crippen molar-refractivity contribution in [1.29, 1.82) is 0 Å². The van der Waals surface area contributed by atoms with E-state index >= 15 is 0 Å². The molecular formula is C14H27O5S+. The molecule has 0 unspecified atom stereocenters. The number of esters is 1. The van der Waals surface area contributed by atoms with E-state index in [4.69, 9.17) is 18.9 Å². The molecule has 6 heteroatoms. The quantitative estimate of drug-likeness (QED) is 0.380. The van der Waals surface area contributed by atoms with E-state index in [2.05, 4.69) is 0 Å². The van der Waals surface area contributed by atoms with Gasteiger partial charge in [0.2, 0.25) is 5.75 Å². The zero-order valence-electron chi connectivity index (χ0n) is 12.8. The van der Waals surface area contributed by atoms with Crippen LogP contribution in [0.25, 0.3) is 0 Å². The third-order valence-corrected chi connectivity index (χ3v) is 4.74. The number of ether oxygens (including phenoxy) is 4. The lowest BCUT2D eigenvalue weighted by molar-refractivity contribution is -0.142. The van der Waals surface area contributed by atoms with Gasteiger partial charge < -0.3 is 18.9 Å². The molecule has 0 bridgehead atoms. The molecule has 20 heavy (non-hydrogen) atoms. The second-order valence-corrected chi connectivity index (χ2v) is 7.90. The molecule has 5 nitrogen and oxygen atoms in total. The van der Waals surface area contributed by atoms with Gasteiger partial charge in [0, 0.05) is 10.9 Å². The van der Waals surface area contributed by atoms with E-state index in [1.807, 2.05) is 20.8 Å². The van der Waals surface area contributed by atoms with Gasteiger partial charge >= 0.3 is 5.97 Å². The molecule has 1 fully saturated rings. The summed E-state index contributed by atoms with van der Waals surface area (Å²) in [5.41, 5.74) is -0.138. The molecule has 0 atom stereocenters. The van der Waals surface area contributed by atoms with Gasteiger partial charge in [0.15, 0.2) is 0 Å².